The number of benzene rings is 1. The Morgan fingerprint density at radius 3 is 2.66 bits per heavy atom. The van der Waals surface area contributed by atoms with E-state index in [2.05, 4.69) is 5.32 Å². The molecule has 0 amide bonds. The molecule has 2 N–H and O–H groups in total. The summed E-state index contributed by atoms with van der Waals surface area (Å²) in [6.45, 7) is 2.62. The van der Waals surface area contributed by atoms with Crippen molar-refractivity contribution in [2.75, 3.05) is 38.9 Å². The maximum atomic E-state index is 13.4. The zero-order valence-electron chi connectivity index (χ0n) is 16.5. The van der Waals surface area contributed by atoms with Gasteiger partial charge in [0, 0.05) is 41.8 Å². The van der Waals surface area contributed by atoms with Crippen LogP contribution in [0.25, 0.3) is 0 Å². The second-order valence-electron chi connectivity index (χ2n) is 6.87. The zero-order valence-corrected chi connectivity index (χ0v) is 18.1. The van der Waals surface area contributed by atoms with Crippen molar-refractivity contribution in [3.8, 4) is 17.2 Å². The van der Waals surface area contributed by atoms with Crippen LogP contribution in [-0.2, 0) is 4.79 Å². The minimum atomic E-state index is -1.65. The summed E-state index contributed by atoms with van der Waals surface area (Å²) < 4.78 is 16.6. The molecule has 0 radical (unpaired) electrons. The molecule has 1 aromatic rings. The van der Waals surface area contributed by atoms with Gasteiger partial charge in [0.1, 0.15) is 22.1 Å². The lowest BCUT2D eigenvalue weighted by atomic mass is 9.74. The van der Waals surface area contributed by atoms with Gasteiger partial charge in [0.2, 0.25) is 17.2 Å². The highest BCUT2D eigenvalue weighted by atomic mass is 35.5. The fraction of sp³-hybridized carbons (Fsp3) is 0.500. The highest BCUT2D eigenvalue weighted by Gasteiger charge is 2.60. The topological polar surface area (TPSA) is 94.1 Å². The largest absolute Gasteiger partial charge is 0.496 e. The summed E-state index contributed by atoms with van der Waals surface area (Å²) in [5.41, 5.74) is -0.716. The summed E-state index contributed by atoms with van der Waals surface area (Å²) in [5.74, 6) is 0.904. The number of aliphatic hydroxyl groups excluding tert-OH is 1. The molecule has 0 saturated heterocycles. The minimum absolute atomic E-state index is 0.123. The Hall–Kier alpha value is -1.90. The fourth-order valence-electron chi connectivity index (χ4n) is 3.70. The Balaban J connectivity index is 1.88. The van der Waals surface area contributed by atoms with Crippen LogP contribution in [0.5, 0.6) is 17.2 Å². The lowest BCUT2D eigenvalue weighted by Crippen LogP contribution is -2.55. The van der Waals surface area contributed by atoms with E-state index in [0.29, 0.717) is 24.5 Å². The molecular formula is C20H24ClNO6S. The van der Waals surface area contributed by atoms with Crippen LogP contribution in [0, 0.1) is 5.92 Å². The summed E-state index contributed by atoms with van der Waals surface area (Å²) in [6.07, 6.45) is 1.92. The van der Waals surface area contributed by atoms with Crippen molar-refractivity contribution in [1.82, 2.24) is 5.32 Å². The molecule has 0 bridgehead atoms. The number of aliphatic hydroxyl groups is 1. The molecule has 1 aromatic carbocycles. The standard InChI is InChI=1S/C20H24ClNO6S/c1-11-8-12(22-4-6-29-7-5-23)9-15(24)20(11)19(25)16-13(26-2)10-14(27-3)17(21)18(16)28-20/h9-11,22-23H,4-8H2,1-3H3. The van der Waals surface area contributed by atoms with E-state index in [1.54, 1.807) is 11.8 Å². The van der Waals surface area contributed by atoms with Crippen LogP contribution in [0.3, 0.4) is 0 Å². The highest BCUT2D eigenvalue weighted by molar-refractivity contribution is 7.99. The van der Waals surface area contributed by atoms with E-state index in [1.807, 2.05) is 6.92 Å². The van der Waals surface area contributed by atoms with Crippen molar-refractivity contribution in [3.63, 3.8) is 0 Å². The van der Waals surface area contributed by atoms with Crippen molar-refractivity contribution in [2.24, 2.45) is 5.92 Å². The molecule has 2 aliphatic rings. The molecule has 0 fully saturated rings. The van der Waals surface area contributed by atoms with E-state index in [1.165, 1.54) is 26.4 Å². The Labute approximate surface area is 178 Å². The number of Topliss-reactive ketones (excluding diaryl/α,β-unsaturated/α-hetero) is 1. The maximum Gasteiger partial charge on any atom is 0.236 e. The Morgan fingerprint density at radius 2 is 2.03 bits per heavy atom. The number of halogens is 1. The fourth-order valence-corrected chi connectivity index (χ4v) is 4.55. The van der Waals surface area contributed by atoms with Crippen LogP contribution in [-0.4, -0.2) is 61.2 Å². The third kappa shape index (κ3) is 3.69. The molecule has 1 spiro atoms. The average molecular weight is 442 g/mol. The van der Waals surface area contributed by atoms with Gasteiger partial charge in [0.15, 0.2) is 5.75 Å². The van der Waals surface area contributed by atoms with Crippen LogP contribution in [0.1, 0.15) is 23.7 Å². The van der Waals surface area contributed by atoms with Gasteiger partial charge in [0.25, 0.3) is 0 Å². The normalized spacial score (nSPS) is 22.9. The van der Waals surface area contributed by atoms with E-state index in [0.717, 1.165) is 11.4 Å². The quantitative estimate of drug-likeness (QED) is 0.469. The zero-order chi connectivity index (χ0) is 21.2. The van der Waals surface area contributed by atoms with Crippen LogP contribution in [0.15, 0.2) is 17.8 Å². The number of carbonyl (C=O) groups is 2. The molecule has 3 rings (SSSR count). The van der Waals surface area contributed by atoms with Gasteiger partial charge in [-0.3, -0.25) is 9.59 Å². The van der Waals surface area contributed by atoms with Gasteiger partial charge in [-0.05, 0) is 6.42 Å². The lowest BCUT2D eigenvalue weighted by Gasteiger charge is -2.35. The molecule has 9 heteroatoms. The molecule has 1 aliphatic carbocycles. The smallest absolute Gasteiger partial charge is 0.236 e. The van der Waals surface area contributed by atoms with Gasteiger partial charge in [-0.2, -0.15) is 11.8 Å². The minimum Gasteiger partial charge on any atom is -0.496 e. The predicted molar refractivity (Wildman–Crippen MR) is 112 cm³/mol. The molecule has 2 unspecified atom stereocenters. The van der Waals surface area contributed by atoms with Gasteiger partial charge < -0.3 is 24.6 Å². The number of methoxy groups -OCH3 is 2. The first kappa shape index (κ1) is 21.8. The Kier molecular flexibility index (Phi) is 6.65. The summed E-state index contributed by atoms with van der Waals surface area (Å²) in [4.78, 5) is 26.5. The first-order chi connectivity index (χ1) is 13.9. The third-order valence-electron chi connectivity index (χ3n) is 5.14. The van der Waals surface area contributed by atoms with Gasteiger partial charge >= 0.3 is 0 Å². The van der Waals surface area contributed by atoms with Gasteiger partial charge in [-0.25, -0.2) is 0 Å². The number of ketones is 2. The van der Waals surface area contributed by atoms with Gasteiger partial charge in [0.05, 0.1) is 20.8 Å². The predicted octanol–water partition coefficient (Wildman–Crippen LogP) is 2.48. The molecule has 29 heavy (non-hydrogen) atoms. The molecule has 2 atom stereocenters. The number of hydrogen-bond donors (Lipinski definition) is 2. The third-order valence-corrected chi connectivity index (χ3v) is 6.47. The summed E-state index contributed by atoms with van der Waals surface area (Å²) >= 11 is 7.99. The number of nitrogens with one attached hydrogen (secondary N) is 1. The molecule has 158 valence electrons. The van der Waals surface area contributed by atoms with E-state index in [4.69, 9.17) is 30.9 Å². The second-order valence-corrected chi connectivity index (χ2v) is 8.47. The average Bonchev–Trinajstić information content (AvgIpc) is 3.02. The van der Waals surface area contributed by atoms with Crippen molar-refractivity contribution in [2.45, 2.75) is 18.9 Å². The van der Waals surface area contributed by atoms with Crippen LogP contribution >= 0.6 is 23.4 Å². The molecule has 1 heterocycles. The number of thioether (sulfide) groups is 1. The molecule has 1 aliphatic heterocycles. The number of allylic oxidation sites excluding steroid dienone is 1. The van der Waals surface area contributed by atoms with Crippen LogP contribution in [0.2, 0.25) is 5.02 Å². The van der Waals surface area contributed by atoms with Gasteiger partial charge in [-0.15, -0.1) is 0 Å². The van der Waals surface area contributed by atoms with Crippen molar-refractivity contribution in [3.05, 3.63) is 28.4 Å². The van der Waals surface area contributed by atoms with Gasteiger partial charge in [-0.1, -0.05) is 18.5 Å². The summed E-state index contributed by atoms with van der Waals surface area (Å²) in [7, 11) is 2.89. The number of hydrogen-bond acceptors (Lipinski definition) is 8. The first-order valence-corrected chi connectivity index (χ1v) is 10.8. The lowest BCUT2D eigenvalue weighted by molar-refractivity contribution is -0.129. The van der Waals surface area contributed by atoms with Crippen molar-refractivity contribution < 1.29 is 28.9 Å². The first-order valence-electron chi connectivity index (χ1n) is 9.26. The Bertz CT molecular complexity index is 858. The molecular weight excluding hydrogens is 418 g/mol. The summed E-state index contributed by atoms with van der Waals surface area (Å²) in [6, 6.07) is 1.52. The SMILES string of the molecule is COc1cc(OC)c2c(c1Cl)OC1(C(=O)C=C(NCCSCCO)CC1C)C2=O. The number of carbonyl (C=O) groups excluding carboxylic acids is 2. The van der Waals surface area contributed by atoms with E-state index < -0.39 is 23.1 Å². The number of rotatable bonds is 8. The molecule has 0 saturated carbocycles. The number of fused-ring (bicyclic) bond motifs is 1. The highest BCUT2D eigenvalue weighted by Crippen LogP contribution is 2.52. The summed E-state index contributed by atoms with van der Waals surface area (Å²) in [5, 5.41) is 12.2. The van der Waals surface area contributed by atoms with Crippen LogP contribution < -0.4 is 19.5 Å². The molecule has 0 aromatic heterocycles. The van der Waals surface area contributed by atoms with E-state index in [-0.39, 0.29) is 28.7 Å². The second kappa shape index (κ2) is 8.85. The van der Waals surface area contributed by atoms with Crippen LogP contribution in [0.4, 0.5) is 0 Å². The van der Waals surface area contributed by atoms with Crippen molar-refractivity contribution >= 4 is 34.9 Å². The maximum absolute atomic E-state index is 13.4. The monoisotopic (exact) mass is 441 g/mol. The van der Waals surface area contributed by atoms with E-state index in [9.17, 15) is 9.59 Å². The molecule has 7 nitrogen and oxygen atoms in total. The Morgan fingerprint density at radius 1 is 1.31 bits per heavy atom. The van der Waals surface area contributed by atoms with E-state index >= 15 is 0 Å². The number of ether oxygens (including phenoxy) is 3. The van der Waals surface area contributed by atoms with Crippen molar-refractivity contribution in [1.29, 1.82) is 0 Å².